The molecule has 0 radical (unpaired) electrons. The second-order valence-electron chi connectivity index (χ2n) is 7.33. The first-order chi connectivity index (χ1) is 15.1. The van der Waals surface area contributed by atoms with E-state index < -0.39 is 0 Å². The molecule has 31 heavy (non-hydrogen) atoms. The minimum atomic E-state index is -0.299. The van der Waals surface area contributed by atoms with Crippen molar-refractivity contribution in [2.24, 2.45) is 5.10 Å². The van der Waals surface area contributed by atoms with Crippen molar-refractivity contribution >= 4 is 17.2 Å². The summed E-state index contributed by atoms with van der Waals surface area (Å²) in [6.07, 6.45) is 5.48. The maximum absolute atomic E-state index is 12.9. The third-order valence-corrected chi connectivity index (χ3v) is 5.12. The van der Waals surface area contributed by atoms with Crippen molar-refractivity contribution in [2.75, 3.05) is 6.61 Å². The molecule has 5 rings (SSSR count). The third-order valence-electron chi connectivity index (χ3n) is 5.12. The van der Waals surface area contributed by atoms with Gasteiger partial charge in [-0.1, -0.05) is 18.2 Å². The van der Waals surface area contributed by atoms with E-state index in [2.05, 4.69) is 15.2 Å². The summed E-state index contributed by atoms with van der Waals surface area (Å²) >= 11 is 0. The minimum Gasteiger partial charge on any atom is -0.493 e. The normalized spacial score (nSPS) is 15.4. The molecule has 0 unspecified atom stereocenters. The Labute approximate surface area is 178 Å². The van der Waals surface area contributed by atoms with E-state index in [4.69, 9.17) is 9.47 Å². The smallest absolute Gasteiger partial charge is 0.285 e. The van der Waals surface area contributed by atoms with Crippen molar-refractivity contribution in [1.82, 2.24) is 19.4 Å². The molecule has 8 heteroatoms. The summed E-state index contributed by atoms with van der Waals surface area (Å²) in [5.74, 6) is 1.53. The van der Waals surface area contributed by atoms with E-state index in [1.165, 1.54) is 17.2 Å². The van der Waals surface area contributed by atoms with Gasteiger partial charge in [0.05, 0.1) is 24.7 Å². The average molecular weight is 415 g/mol. The molecule has 1 aliphatic heterocycles. The molecular formula is C23H21N5O3. The highest BCUT2D eigenvalue weighted by molar-refractivity contribution is 5.85. The Kier molecular flexibility index (Phi) is 4.74. The molecule has 0 saturated heterocycles. The maximum Gasteiger partial charge on any atom is 0.285 e. The standard InChI is InChI=1S/C23H21N5O3/c1-3-30-20-10-16-9-15(2)31-21(16)11-17(20)12-25-27-14-24-22-19(23(27)29)13-26-28(22)18-7-5-4-6-8-18/h4-8,10-15H,3,9H2,1-2H3/b25-12-/t15-/m0/s1. The second kappa shape index (κ2) is 7.71. The Morgan fingerprint density at radius 3 is 2.94 bits per heavy atom. The van der Waals surface area contributed by atoms with E-state index in [-0.39, 0.29) is 11.7 Å². The molecule has 0 aliphatic carbocycles. The number of ether oxygens (including phenoxy) is 2. The van der Waals surface area contributed by atoms with Crippen LogP contribution in [0.1, 0.15) is 25.0 Å². The lowest BCUT2D eigenvalue weighted by Gasteiger charge is -2.09. The lowest BCUT2D eigenvalue weighted by Crippen LogP contribution is -2.17. The van der Waals surface area contributed by atoms with E-state index in [9.17, 15) is 4.79 Å². The summed E-state index contributed by atoms with van der Waals surface area (Å²) in [4.78, 5) is 17.3. The number of benzene rings is 2. The van der Waals surface area contributed by atoms with Gasteiger partial charge in [-0.3, -0.25) is 4.79 Å². The predicted molar refractivity (Wildman–Crippen MR) is 118 cm³/mol. The van der Waals surface area contributed by atoms with Crippen molar-refractivity contribution in [3.8, 4) is 17.2 Å². The highest BCUT2D eigenvalue weighted by atomic mass is 16.5. The van der Waals surface area contributed by atoms with Crippen LogP contribution in [0.15, 0.2) is 64.9 Å². The van der Waals surface area contributed by atoms with Gasteiger partial charge in [0, 0.05) is 17.5 Å². The van der Waals surface area contributed by atoms with E-state index in [0.717, 1.165) is 29.0 Å². The van der Waals surface area contributed by atoms with Gasteiger partial charge in [0.1, 0.15) is 29.3 Å². The molecule has 1 atom stereocenters. The largest absolute Gasteiger partial charge is 0.493 e. The summed E-state index contributed by atoms with van der Waals surface area (Å²) in [5, 5.41) is 9.05. The zero-order valence-electron chi connectivity index (χ0n) is 17.2. The lowest BCUT2D eigenvalue weighted by molar-refractivity contribution is 0.254. The Morgan fingerprint density at radius 2 is 2.13 bits per heavy atom. The van der Waals surface area contributed by atoms with E-state index in [1.54, 1.807) is 10.9 Å². The van der Waals surface area contributed by atoms with Gasteiger partial charge in [-0.05, 0) is 38.1 Å². The zero-order chi connectivity index (χ0) is 21.4. The number of para-hydroxylation sites is 1. The first-order valence-corrected chi connectivity index (χ1v) is 10.2. The number of fused-ring (bicyclic) bond motifs is 2. The SMILES string of the molecule is CCOc1cc2c(cc1/C=N\n1cnc3c(cnn3-c3ccccc3)c1=O)O[C@@H](C)C2. The van der Waals surface area contributed by atoms with Gasteiger partial charge in [-0.15, -0.1) is 0 Å². The van der Waals surface area contributed by atoms with Crippen LogP contribution in [0.4, 0.5) is 0 Å². The molecule has 0 spiro atoms. The van der Waals surface area contributed by atoms with E-state index in [1.807, 2.05) is 56.3 Å². The molecule has 2 aromatic carbocycles. The summed E-state index contributed by atoms with van der Waals surface area (Å²) in [5.41, 5.74) is 2.87. The van der Waals surface area contributed by atoms with Crippen LogP contribution in [0.3, 0.4) is 0 Å². The van der Waals surface area contributed by atoms with Crippen LogP contribution in [0.5, 0.6) is 11.5 Å². The van der Waals surface area contributed by atoms with Crippen molar-refractivity contribution in [1.29, 1.82) is 0 Å². The topological polar surface area (TPSA) is 83.5 Å². The molecule has 0 saturated carbocycles. The monoisotopic (exact) mass is 415 g/mol. The summed E-state index contributed by atoms with van der Waals surface area (Å²) < 4.78 is 14.5. The maximum atomic E-state index is 12.9. The predicted octanol–water partition coefficient (Wildman–Crippen LogP) is 3.19. The van der Waals surface area contributed by atoms with Gasteiger partial charge in [-0.2, -0.15) is 14.9 Å². The Balaban J connectivity index is 1.52. The van der Waals surface area contributed by atoms with Gasteiger partial charge in [-0.25, -0.2) is 9.67 Å². The van der Waals surface area contributed by atoms with Crippen LogP contribution >= 0.6 is 0 Å². The Morgan fingerprint density at radius 1 is 1.29 bits per heavy atom. The van der Waals surface area contributed by atoms with Crippen molar-refractivity contribution in [3.63, 3.8) is 0 Å². The van der Waals surface area contributed by atoms with Gasteiger partial charge < -0.3 is 9.47 Å². The molecule has 0 amide bonds. The molecule has 0 fully saturated rings. The van der Waals surface area contributed by atoms with Gasteiger partial charge in [0.15, 0.2) is 5.65 Å². The van der Waals surface area contributed by atoms with E-state index in [0.29, 0.717) is 23.4 Å². The summed E-state index contributed by atoms with van der Waals surface area (Å²) in [6.45, 7) is 4.49. The fraction of sp³-hybridized carbons (Fsp3) is 0.217. The molecule has 156 valence electrons. The van der Waals surface area contributed by atoms with Crippen molar-refractivity contribution in [2.45, 2.75) is 26.4 Å². The zero-order valence-corrected chi connectivity index (χ0v) is 17.2. The van der Waals surface area contributed by atoms with Crippen LogP contribution < -0.4 is 15.0 Å². The lowest BCUT2D eigenvalue weighted by atomic mass is 10.1. The number of hydrogen-bond acceptors (Lipinski definition) is 6. The Bertz CT molecular complexity index is 1340. The fourth-order valence-corrected chi connectivity index (χ4v) is 3.70. The molecular weight excluding hydrogens is 394 g/mol. The van der Waals surface area contributed by atoms with Crippen LogP contribution in [0.25, 0.3) is 16.7 Å². The Hall–Kier alpha value is -3.94. The minimum absolute atomic E-state index is 0.132. The molecule has 2 aromatic heterocycles. The number of rotatable bonds is 5. The van der Waals surface area contributed by atoms with Gasteiger partial charge >= 0.3 is 0 Å². The molecule has 0 bridgehead atoms. The quantitative estimate of drug-likeness (QED) is 0.468. The highest BCUT2D eigenvalue weighted by Gasteiger charge is 2.21. The fourth-order valence-electron chi connectivity index (χ4n) is 3.70. The third kappa shape index (κ3) is 3.46. The second-order valence-corrected chi connectivity index (χ2v) is 7.33. The molecule has 0 N–H and O–H groups in total. The first kappa shape index (κ1) is 19.0. The molecule has 1 aliphatic rings. The average Bonchev–Trinajstić information content (AvgIpc) is 3.37. The highest BCUT2D eigenvalue weighted by Crippen LogP contribution is 2.34. The van der Waals surface area contributed by atoms with Crippen LogP contribution in [-0.2, 0) is 6.42 Å². The van der Waals surface area contributed by atoms with Crippen molar-refractivity contribution in [3.05, 3.63) is 76.5 Å². The van der Waals surface area contributed by atoms with Gasteiger partial charge in [0.2, 0.25) is 0 Å². The number of aromatic nitrogens is 4. The summed E-state index contributed by atoms with van der Waals surface area (Å²) in [7, 11) is 0. The number of nitrogens with zero attached hydrogens (tertiary/aromatic N) is 5. The number of hydrogen-bond donors (Lipinski definition) is 0. The van der Waals surface area contributed by atoms with Crippen molar-refractivity contribution < 1.29 is 9.47 Å². The summed E-state index contributed by atoms with van der Waals surface area (Å²) in [6, 6.07) is 13.4. The molecule has 4 aromatic rings. The van der Waals surface area contributed by atoms with Crippen LogP contribution in [0.2, 0.25) is 0 Å². The first-order valence-electron chi connectivity index (χ1n) is 10.2. The van der Waals surface area contributed by atoms with Crippen LogP contribution in [-0.4, -0.2) is 38.4 Å². The van der Waals surface area contributed by atoms with E-state index >= 15 is 0 Å². The van der Waals surface area contributed by atoms with Crippen LogP contribution in [0, 0.1) is 0 Å². The molecule has 3 heterocycles. The molecule has 8 nitrogen and oxygen atoms in total. The van der Waals surface area contributed by atoms with Gasteiger partial charge in [0.25, 0.3) is 5.56 Å².